The van der Waals surface area contributed by atoms with E-state index in [1.807, 2.05) is 19.1 Å². The highest BCUT2D eigenvalue weighted by molar-refractivity contribution is 8.00. The molecular formula is C15H18ClN3O2S. The third kappa shape index (κ3) is 4.74. The van der Waals surface area contributed by atoms with Crippen molar-refractivity contribution in [1.29, 1.82) is 0 Å². The first-order valence-electron chi connectivity index (χ1n) is 6.99. The number of rotatable bonds is 6. The van der Waals surface area contributed by atoms with Crippen LogP contribution in [-0.4, -0.2) is 27.9 Å². The molecule has 1 aromatic heterocycles. The average Bonchev–Trinajstić information content (AvgIpc) is 2.93. The van der Waals surface area contributed by atoms with Crippen LogP contribution in [0.15, 0.2) is 33.9 Å². The lowest BCUT2D eigenvalue weighted by Crippen LogP contribution is -2.33. The van der Waals surface area contributed by atoms with Gasteiger partial charge in [-0.1, -0.05) is 37.2 Å². The lowest BCUT2D eigenvalue weighted by Gasteiger charge is -2.11. The highest BCUT2D eigenvalue weighted by Crippen LogP contribution is 2.26. The molecule has 5 nitrogen and oxygen atoms in total. The van der Waals surface area contributed by atoms with Crippen LogP contribution in [0.1, 0.15) is 20.8 Å². The Balaban J connectivity index is 1.96. The van der Waals surface area contributed by atoms with Gasteiger partial charge in [0.05, 0.1) is 5.25 Å². The molecule has 1 N–H and O–H groups in total. The number of thioether (sulfide) groups is 1. The van der Waals surface area contributed by atoms with E-state index in [1.54, 1.807) is 12.1 Å². The van der Waals surface area contributed by atoms with E-state index in [0.29, 0.717) is 28.6 Å². The monoisotopic (exact) mass is 339 g/mol. The summed E-state index contributed by atoms with van der Waals surface area (Å²) in [6, 6.07) is 7.14. The summed E-state index contributed by atoms with van der Waals surface area (Å²) in [4.78, 5) is 11.9. The van der Waals surface area contributed by atoms with Gasteiger partial charge in [0, 0.05) is 17.1 Å². The Labute approximate surface area is 138 Å². The number of nitrogens with zero attached hydrogens (tertiary/aromatic N) is 2. The number of hydrogen-bond acceptors (Lipinski definition) is 5. The largest absolute Gasteiger partial charge is 0.411 e. The Morgan fingerprint density at radius 1 is 1.27 bits per heavy atom. The Morgan fingerprint density at radius 2 is 1.95 bits per heavy atom. The van der Waals surface area contributed by atoms with E-state index >= 15 is 0 Å². The third-order valence-electron chi connectivity index (χ3n) is 2.83. The molecule has 0 aliphatic heterocycles. The molecule has 1 aromatic carbocycles. The molecule has 1 amide bonds. The first kappa shape index (κ1) is 16.8. The molecule has 0 aliphatic carbocycles. The van der Waals surface area contributed by atoms with E-state index in [9.17, 15) is 4.79 Å². The summed E-state index contributed by atoms with van der Waals surface area (Å²) in [5, 5.41) is 11.6. The van der Waals surface area contributed by atoms with Gasteiger partial charge < -0.3 is 9.73 Å². The molecular weight excluding hydrogens is 322 g/mol. The first-order valence-corrected chi connectivity index (χ1v) is 8.25. The van der Waals surface area contributed by atoms with Crippen molar-refractivity contribution in [2.45, 2.75) is 31.2 Å². The minimum Gasteiger partial charge on any atom is -0.411 e. The predicted octanol–water partition coefficient (Wildman–Crippen LogP) is 3.64. The Bertz CT molecular complexity index is 628. The van der Waals surface area contributed by atoms with Gasteiger partial charge in [0.25, 0.3) is 5.22 Å². The van der Waals surface area contributed by atoms with Gasteiger partial charge in [-0.2, -0.15) is 0 Å². The molecule has 1 heterocycles. The summed E-state index contributed by atoms with van der Waals surface area (Å²) in [5.41, 5.74) is 0.792. The second-order valence-corrected chi connectivity index (χ2v) is 7.01. The van der Waals surface area contributed by atoms with Crippen LogP contribution >= 0.6 is 23.4 Å². The Kier molecular flexibility index (Phi) is 5.85. The number of halogens is 1. The fourth-order valence-electron chi connectivity index (χ4n) is 1.62. The third-order valence-corrected chi connectivity index (χ3v) is 4.02. The quantitative estimate of drug-likeness (QED) is 0.814. The van der Waals surface area contributed by atoms with Gasteiger partial charge in [-0.3, -0.25) is 4.79 Å². The number of nitrogens with one attached hydrogen (secondary N) is 1. The SMILES string of the molecule is CC(C)CNC(=O)C(C)Sc1nnc(-c2ccc(Cl)cc2)o1. The van der Waals surface area contributed by atoms with E-state index in [-0.39, 0.29) is 11.2 Å². The van der Waals surface area contributed by atoms with Crippen LogP contribution in [-0.2, 0) is 4.79 Å². The van der Waals surface area contributed by atoms with Gasteiger partial charge >= 0.3 is 0 Å². The molecule has 0 fully saturated rings. The second-order valence-electron chi connectivity index (χ2n) is 5.28. The normalized spacial score (nSPS) is 12.4. The molecule has 7 heteroatoms. The molecule has 22 heavy (non-hydrogen) atoms. The van der Waals surface area contributed by atoms with Crippen LogP contribution in [0.5, 0.6) is 0 Å². The van der Waals surface area contributed by atoms with Crippen LogP contribution < -0.4 is 5.32 Å². The van der Waals surface area contributed by atoms with Crippen LogP contribution in [0.4, 0.5) is 0 Å². The summed E-state index contributed by atoms with van der Waals surface area (Å²) in [7, 11) is 0. The van der Waals surface area contributed by atoms with Crippen LogP contribution in [0, 0.1) is 5.92 Å². The summed E-state index contributed by atoms with van der Waals surface area (Å²) in [6.45, 7) is 6.57. The molecule has 0 saturated carbocycles. The number of hydrogen-bond donors (Lipinski definition) is 1. The van der Waals surface area contributed by atoms with Gasteiger partial charge in [-0.05, 0) is 37.1 Å². The maximum atomic E-state index is 11.9. The Hall–Kier alpha value is -1.53. The van der Waals surface area contributed by atoms with Gasteiger partial charge in [-0.25, -0.2) is 0 Å². The van der Waals surface area contributed by atoms with Crippen LogP contribution in [0.25, 0.3) is 11.5 Å². The zero-order valence-electron chi connectivity index (χ0n) is 12.7. The zero-order chi connectivity index (χ0) is 16.1. The van der Waals surface area contributed by atoms with E-state index in [4.69, 9.17) is 16.0 Å². The van der Waals surface area contributed by atoms with Crippen molar-refractivity contribution in [2.75, 3.05) is 6.54 Å². The lowest BCUT2D eigenvalue weighted by molar-refractivity contribution is -0.120. The van der Waals surface area contributed by atoms with Gasteiger partial charge in [-0.15, -0.1) is 10.2 Å². The van der Waals surface area contributed by atoms with Gasteiger partial charge in [0.15, 0.2) is 0 Å². The van der Waals surface area contributed by atoms with Crippen molar-refractivity contribution in [3.05, 3.63) is 29.3 Å². The fraction of sp³-hybridized carbons (Fsp3) is 0.400. The van der Waals surface area contributed by atoms with Crippen molar-refractivity contribution < 1.29 is 9.21 Å². The maximum absolute atomic E-state index is 11.9. The number of carbonyl (C=O) groups is 1. The van der Waals surface area contributed by atoms with Gasteiger partial charge in [0.1, 0.15) is 0 Å². The first-order chi connectivity index (χ1) is 10.5. The van der Waals surface area contributed by atoms with Crippen LogP contribution in [0.2, 0.25) is 5.02 Å². The molecule has 0 bridgehead atoms. The highest BCUT2D eigenvalue weighted by Gasteiger charge is 2.18. The minimum absolute atomic E-state index is 0.0371. The zero-order valence-corrected chi connectivity index (χ0v) is 14.2. The summed E-state index contributed by atoms with van der Waals surface area (Å²) < 4.78 is 5.57. The standard InChI is InChI=1S/C15H18ClN3O2S/c1-9(2)8-17-13(20)10(3)22-15-19-18-14(21-15)11-4-6-12(16)7-5-11/h4-7,9-10H,8H2,1-3H3,(H,17,20). The summed E-state index contributed by atoms with van der Waals surface area (Å²) >= 11 is 7.09. The number of aromatic nitrogens is 2. The minimum atomic E-state index is -0.294. The van der Waals surface area contributed by atoms with Crippen molar-refractivity contribution in [3.8, 4) is 11.5 Å². The fourth-order valence-corrected chi connectivity index (χ4v) is 2.45. The molecule has 2 rings (SSSR count). The predicted molar refractivity (Wildman–Crippen MR) is 87.9 cm³/mol. The molecule has 0 saturated heterocycles. The molecule has 0 radical (unpaired) electrons. The number of amides is 1. The molecule has 0 aliphatic rings. The van der Waals surface area contributed by atoms with Crippen molar-refractivity contribution >= 4 is 29.3 Å². The molecule has 2 aromatic rings. The lowest BCUT2D eigenvalue weighted by atomic mass is 10.2. The van der Waals surface area contributed by atoms with Crippen molar-refractivity contribution in [3.63, 3.8) is 0 Å². The van der Waals surface area contributed by atoms with Crippen molar-refractivity contribution in [2.24, 2.45) is 5.92 Å². The smallest absolute Gasteiger partial charge is 0.277 e. The number of benzene rings is 1. The molecule has 1 atom stereocenters. The number of carbonyl (C=O) groups excluding carboxylic acids is 1. The molecule has 1 unspecified atom stereocenters. The second kappa shape index (κ2) is 7.65. The van der Waals surface area contributed by atoms with E-state index in [0.717, 1.165) is 5.56 Å². The highest BCUT2D eigenvalue weighted by atomic mass is 35.5. The topological polar surface area (TPSA) is 68.0 Å². The van der Waals surface area contributed by atoms with E-state index < -0.39 is 0 Å². The maximum Gasteiger partial charge on any atom is 0.277 e. The van der Waals surface area contributed by atoms with E-state index in [1.165, 1.54) is 11.8 Å². The summed E-state index contributed by atoms with van der Waals surface area (Å²) in [6.07, 6.45) is 0. The van der Waals surface area contributed by atoms with Crippen molar-refractivity contribution in [1.82, 2.24) is 15.5 Å². The Morgan fingerprint density at radius 3 is 2.59 bits per heavy atom. The summed E-state index contributed by atoms with van der Waals surface area (Å²) in [5.74, 6) is 0.792. The van der Waals surface area contributed by atoms with Gasteiger partial charge in [0.2, 0.25) is 11.8 Å². The molecule has 0 spiro atoms. The molecule has 118 valence electrons. The average molecular weight is 340 g/mol. The van der Waals surface area contributed by atoms with E-state index in [2.05, 4.69) is 29.4 Å². The van der Waals surface area contributed by atoms with Crippen LogP contribution in [0.3, 0.4) is 0 Å².